The first-order chi connectivity index (χ1) is 13.7. The van der Waals surface area contributed by atoms with E-state index in [9.17, 15) is 10.2 Å². The summed E-state index contributed by atoms with van der Waals surface area (Å²) in [5.74, 6) is 0. The summed E-state index contributed by atoms with van der Waals surface area (Å²) < 4.78 is 6.64. The van der Waals surface area contributed by atoms with E-state index in [1.807, 2.05) is 18.2 Å². The van der Waals surface area contributed by atoms with E-state index in [2.05, 4.69) is 64.1 Å². The molecule has 159 valence electrons. The molecule has 0 aliphatic rings. The molecule has 0 spiro atoms. The number of unbranched alkanes of at least 4 members (excludes halogenated alkanes) is 2. The summed E-state index contributed by atoms with van der Waals surface area (Å²) in [4.78, 5) is 0. The summed E-state index contributed by atoms with van der Waals surface area (Å²) in [5, 5.41) is 22.9. The van der Waals surface area contributed by atoms with Crippen molar-refractivity contribution in [1.29, 1.82) is 0 Å². The average molecular weight is 414 g/mol. The van der Waals surface area contributed by atoms with Gasteiger partial charge < -0.3 is 14.6 Å². The summed E-state index contributed by atoms with van der Waals surface area (Å²) in [5.41, 5.74) is 0.129. The van der Waals surface area contributed by atoms with E-state index in [0.717, 1.165) is 36.1 Å². The summed E-state index contributed by atoms with van der Waals surface area (Å²) in [7, 11) is -1.56. The standard InChI is InChI=1S/C25H37O3Si/c1-6-7-9-14-23(25(5,27)19-26)28-29(21-12-10-8-11-13-21)22-17-15-20(16-18-22)24(2,3)4/h8,10-13,15-18,23,26-27H,6-7,9,14,19H2,1-5H3. The van der Waals surface area contributed by atoms with Crippen LogP contribution in [0.3, 0.4) is 0 Å². The molecule has 4 heteroatoms. The largest absolute Gasteiger partial charge is 0.401 e. The van der Waals surface area contributed by atoms with Gasteiger partial charge in [0.2, 0.25) is 0 Å². The smallest absolute Gasteiger partial charge is 0.283 e. The Labute approximate surface area is 178 Å². The fourth-order valence-corrected chi connectivity index (χ4v) is 5.56. The van der Waals surface area contributed by atoms with E-state index >= 15 is 0 Å². The fourth-order valence-electron chi connectivity index (χ4n) is 3.33. The van der Waals surface area contributed by atoms with Gasteiger partial charge >= 0.3 is 0 Å². The Morgan fingerprint density at radius 3 is 2.00 bits per heavy atom. The molecule has 0 bridgehead atoms. The Hall–Kier alpha value is -1.46. The Morgan fingerprint density at radius 1 is 0.897 bits per heavy atom. The molecule has 0 amide bonds. The summed E-state index contributed by atoms with van der Waals surface area (Å²) in [6, 6.07) is 19.0. The average Bonchev–Trinajstić information content (AvgIpc) is 2.70. The van der Waals surface area contributed by atoms with Crippen molar-refractivity contribution in [2.75, 3.05) is 6.61 Å². The summed E-state index contributed by atoms with van der Waals surface area (Å²) >= 11 is 0. The molecule has 2 N–H and O–H groups in total. The van der Waals surface area contributed by atoms with Crippen LogP contribution in [0.4, 0.5) is 0 Å². The van der Waals surface area contributed by atoms with Gasteiger partial charge in [0.25, 0.3) is 9.04 Å². The number of benzene rings is 2. The van der Waals surface area contributed by atoms with Crippen LogP contribution < -0.4 is 10.4 Å². The van der Waals surface area contributed by atoms with Crippen molar-refractivity contribution in [1.82, 2.24) is 0 Å². The third-order valence-electron chi connectivity index (χ3n) is 5.39. The van der Waals surface area contributed by atoms with Crippen LogP contribution in [0.15, 0.2) is 54.6 Å². The third-order valence-corrected chi connectivity index (χ3v) is 7.63. The lowest BCUT2D eigenvalue weighted by Gasteiger charge is -2.34. The van der Waals surface area contributed by atoms with E-state index in [0.29, 0.717) is 0 Å². The van der Waals surface area contributed by atoms with Crippen LogP contribution in [-0.2, 0) is 9.84 Å². The van der Waals surface area contributed by atoms with E-state index in [1.54, 1.807) is 6.92 Å². The molecule has 0 aliphatic heterocycles. The highest BCUT2D eigenvalue weighted by atomic mass is 28.3. The lowest BCUT2D eigenvalue weighted by atomic mass is 9.87. The second kappa shape index (κ2) is 10.5. The van der Waals surface area contributed by atoms with Gasteiger partial charge in [0.05, 0.1) is 12.7 Å². The van der Waals surface area contributed by atoms with Crippen molar-refractivity contribution in [3.8, 4) is 0 Å². The van der Waals surface area contributed by atoms with Crippen molar-refractivity contribution in [3.63, 3.8) is 0 Å². The molecule has 2 atom stereocenters. The maximum Gasteiger partial charge on any atom is 0.283 e. The van der Waals surface area contributed by atoms with Gasteiger partial charge in [0, 0.05) is 0 Å². The molecule has 2 rings (SSSR count). The normalized spacial score (nSPS) is 15.3. The second-order valence-corrected chi connectivity index (χ2v) is 11.2. The highest BCUT2D eigenvalue weighted by Gasteiger charge is 2.35. The van der Waals surface area contributed by atoms with Crippen molar-refractivity contribution < 1.29 is 14.6 Å². The maximum absolute atomic E-state index is 10.8. The molecule has 0 aromatic heterocycles. The number of aliphatic hydroxyl groups is 2. The van der Waals surface area contributed by atoms with Gasteiger partial charge in [-0.05, 0) is 34.7 Å². The van der Waals surface area contributed by atoms with Crippen LogP contribution in [0.2, 0.25) is 0 Å². The molecule has 29 heavy (non-hydrogen) atoms. The van der Waals surface area contributed by atoms with Crippen LogP contribution in [-0.4, -0.2) is 37.6 Å². The highest BCUT2D eigenvalue weighted by Crippen LogP contribution is 2.22. The Kier molecular flexibility index (Phi) is 8.65. The van der Waals surface area contributed by atoms with Crippen molar-refractivity contribution in [2.45, 2.75) is 77.4 Å². The number of rotatable bonds is 10. The number of hydrogen-bond donors (Lipinski definition) is 2. The highest BCUT2D eigenvalue weighted by molar-refractivity contribution is 6.80. The van der Waals surface area contributed by atoms with E-state index in [4.69, 9.17) is 4.43 Å². The summed E-state index contributed by atoms with van der Waals surface area (Å²) in [6.07, 6.45) is 3.51. The van der Waals surface area contributed by atoms with Crippen molar-refractivity contribution >= 4 is 19.4 Å². The number of aliphatic hydroxyl groups excluding tert-OH is 1. The van der Waals surface area contributed by atoms with Gasteiger partial charge in [0.1, 0.15) is 5.60 Å². The maximum atomic E-state index is 10.8. The number of hydrogen-bond acceptors (Lipinski definition) is 3. The van der Waals surface area contributed by atoms with Crippen LogP contribution in [0.25, 0.3) is 0 Å². The first kappa shape index (κ1) is 23.8. The van der Waals surface area contributed by atoms with Gasteiger partial charge in [-0.25, -0.2) is 0 Å². The van der Waals surface area contributed by atoms with Crippen LogP contribution >= 0.6 is 0 Å². The van der Waals surface area contributed by atoms with Crippen LogP contribution in [0.5, 0.6) is 0 Å². The lowest BCUT2D eigenvalue weighted by Crippen LogP contribution is -2.54. The van der Waals surface area contributed by atoms with Gasteiger partial charge in [-0.1, -0.05) is 102 Å². The van der Waals surface area contributed by atoms with Crippen LogP contribution in [0, 0.1) is 0 Å². The molecular formula is C25H37O3Si. The zero-order valence-electron chi connectivity index (χ0n) is 18.6. The molecule has 0 saturated heterocycles. The first-order valence-electron chi connectivity index (χ1n) is 10.7. The molecule has 0 heterocycles. The van der Waals surface area contributed by atoms with Gasteiger partial charge in [0.15, 0.2) is 0 Å². The minimum absolute atomic E-state index is 0.0995. The third kappa shape index (κ3) is 6.78. The minimum Gasteiger partial charge on any atom is -0.401 e. The monoisotopic (exact) mass is 413 g/mol. The zero-order valence-corrected chi connectivity index (χ0v) is 19.6. The van der Waals surface area contributed by atoms with Gasteiger partial charge in [-0.15, -0.1) is 0 Å². The molecule has 1 radical (unpaired) electrons. The molecule has 2 aromatic carbocycles. The molecular weight excluding hydrogens is 376 g/mol. The molecule has 0 fully saturated rings. The Balaban J connectivity index is 2.37. The topological polar surface area (TPSA) is 49.7 Å². The molecule has 2 aromatic rings. The predicted octanol–water partition coefficient (Wildman–Crippen LogP) is 3.80. The molecule has 0 aliphatic carbocycles. The van der Waals surface area contributed by atoms with Crippen LogP contribution in [0.1, 0.15) is 65.9 Å². The quantitative estimate of drug-likeness (QED) is 0.460. The Bertz CT molecular complexity index is 720. The molecule has 2 unspecified atom stereocenters. The summed E-state index contributed by atoms with van der Waals surface area (Å²) in [6.45, 7) is 10.2. The zero-order chi connectivity index (χ0) is 21.5. The Morgan fingerprint density at radius 2 is 1.48 bits per heavy atom. The van der Waals surface area contributed by atoms with Crippen molar-refractivity contribution in [3.05, 3.63) is 60.2 Å². The SMILES string of the molecule is CCCCCC(O[Si](c1ccccc1)c1ccc(C(C)(C)C)cc1)C(C)(O)CO. The van der Waals surface area contributed by atoms with Crippen molar-refractivity contribution in [2.24, 2.45) is 0 Å². The lowest BCUT2D eigenvalue weighted by molar-refractivity contribution is -0.0844. The fraction of sp³-hybridized carbons (Fsp3) is 0.520. The molecule has 3 nitrogen and oxygen atoms in total. The predicted molar refractivity (Wildman–Crippen MR) is 123 cm³/mol. The minimum atomic E-state index is -1.56. The first-order valence-corrected chi connectivity index (χ1v) is 12.1. The second-order valence-electron chi connectivity index (χ2n) is 9.14. The van der Waals surface area contributed by atoms with E-state index in [1.165, 1.54) is 5.56 Å². The van der Waals surface area contributed by atoms with Gasteiger partial charge in [-0.2, -0.15) is 0 Å². The molecule has 0 saturated carbocycles. The van der Waals surface area contributed by atoms with E-state index < -0.39 is 20.7 Å². The van der Waals surface area contributed by atoms with Gasteiger partial charge in [-0.3, -0.25) is 0 Å². The van der Waals surface area contributed by atoms with E-state index in [-0.39, 0.29) is 12.0 Å².